The molecule has 2 saturated carbocycles. The fraction of sp³-hybridized carbons (Fsp3) is 0.864. The summed E-state index contributed by atoms with van der Waals surface area (Å²) < 4.78 is 17.2. The van der Waals surface area contributed by atoms with E-state index in [0.717, 1.165) is 37.5 Å². The Balaban J connectivity index is 1.56. The number of carbonyl (C=O) groups excluding carboxylic acids is 1. The highest BCUT2D eigenvalue weighted by atomic mass is 16.7. The maximum absolute atomic E-state index is 11.6. The first-order valence-electron chi connectivity index (χ1n) is 10.4. The third-order valence-corrected chi connectivity index (χ3v) is 8.34. The van der Waals surface area contributed by atoms with E-state index in [0.29, 0.717) is 5.92 Å². The van der Waals surface area contributed by atoms with Crippen molar-refractivity contribution in [3.05, 3.63) is 11.1 Å². The molecule has 0 aromatic rings. The second kappa shape index (κ2) is 6.63. The topological polar surface area (TPSA) is 44.8 Å². The van der Waals surface area contributed by atoms with E-state index in [1.54, 1.807) is 32.3 Å². The van der Waals surface area contributed by atoms with Crippen molar-refractivity contribution in [1.82, 2.24) is 0 Å². The summed E-state index contributed by atoms with van der Waals surface area (Å²) in [6.07, 6.45) is 10.3. The average molecular weight is 363 g/mol. The van der Waals surface area contributed by atoms with E-state index in [4.69, 9.17) is 14.2 Å². The van der Waals surface area contributed by atoms with Gasteiger partial charge in [-0.2, -0.15) is 0 Å². The lowest BCUT2D eigenvalue weighted by atomic mass is 9.54. The minimum Gasteiger partial charge on any atom is -0.462 e. The molecule has 4 aliphatic carbocycles. The molecular formula is C22H34O4. The van der Waals surface area contributed by atoms with Gasteiger partial charge >= 0.3 is 5.97 Å². The predicted molar refractivity (Wildman–Crippen MR) is 99.5 cm³/mol. The van der Waals surface area contributed by atoms with E-state index in [2.05, 4.69) is 6.92 Å². The van der Waals surface area contributed by atoms with E-state index >= 15 is 0 Å². The minimum absolute atomic E-state index is 0.115. The summed E-state index contributed by atoms with van der Waals surface area (Å²) in [7, 11) is 3.56. The first-order valence-corrected chi connectivity index (χ1v) is 10.4. The summed E-state index contributed by atoms with van der Waals surface area (Å²) >= 11 is 0. The van der Waals surface area contributed by atoms with Gasteiger partial charge in [0, 0.05) is 39.4 Å². The van der Waals surface area contributed by atoms with Crippen molar-refractivity contribution in [2.24, 2.45) is 23.2 Å². The van der Waals surface area contributed by atoms with Crippen LogP contribution in [0.25, 0.3) is 0 Å². The van der Waals surface area contributed by atoms with Crippen LogP contribution < -0.4 is 0 Å². The van der Waals surface area contributed by atoms with Crippen LogP contribution in [0, 0.1) is 23.2 Å². The molecule has 0 amide bonds. The van der Waals surface area contributed by atoms with Crippen LogP contribution in [-0.4, -0.2) is 32.1 Å². The minimum atomic E-state index is -0.400. The SMILES string of the molecule is COC1(OC)CCC2=C(CCC3C2CCC2(C)C(OC(C)=O)CCC32)C1. The highest BCUT2D eigenvalue weighted by Gasteiger charge is 2.57. The fourth-order valence-corrected chi connectivity index (χ4v) is 6.97. The largest absolute Gasteiger partial charge is 0.462 e. The van der Waals surface area contributed by atoms with Gasteiger partial charge in [0.2, 0.25) is 0 Å². The molecule has 0 aromatic heterocycles. The maximum Gasteiger partial charge on any atom is 0.302 e. The Bertz CT molecular complexity index is 605. The molecule has 0 saturated heterocycles. The molecule has 0 bridgehead atoms. The Hall–Kier alpha value is -0.870. The number of methoxy groups -OCH3 is 2. The molecule has 146 valence electrons. The molecule has 0 aliphatic heterocycles. The van der Waals surface area contributed by atoms with Crippen molar-refractivity contribution >= 4 is 5.97 Å². The van der Waals surface area contributed by atoms with Crippen molar-refractivity contribution in [1.29, 1.82) is 0 Å². The average Bonchev–Trinajstić information content (AvgIpc) is 2.97. The molecule has 5 unspecified atom stereocenters. The van der Waals surface area contributed by atoms with E-state index in [1.165, 1.54) is 32.1 Å². The van der Waals surface area contributed by atoms with Crippen LogP contribution in [-0.2, 0) is 19.0 Å². The number of esters is 1. The summed E-state index contributed by atoms with van der Waals surface area (Å²) in [4.78, 5) is 11.6. The monoisotopic (exact) mass is 362 g/mol. The molecule has 4 nitrogen and oxygen atoms in total. The predicted octanol–water partition coefficient (Wildman–Crippen LogP) is 4.62. The number of carbonyl (C=O) groups is 1. The van der Waals surface area contributed by atoms with E-state index in [1.807, 2.05) is 0 Å². The van der Waals surface area contributed by atoms with Crippen LogP contribution in [0.2, 0.25) is 0 Å². The quantitative estimate of drug-likeness (QED) is 0.417. The molecule has 0 aromatic carbocycles. The lowest BCUT2D eigenvalue weighted by molar-refractivity contribution is -0.213. The van der Waals surface area contributed by atoms with Gasteiger partial charge in [-0.25, -0.2) is 0 Å². The van der Waals surface area contributed by atoms with Gasteiger partial charge in [0.1, 0.15) is 6.10 Å². The van der Waals surface area contributed by atoms with Crippen LogP contribution in [0.1, 0.15) is 71.6 Å². The first-order chi connectivity index (χ1) is 12.4. The Labute approximate surface area is 157 Å². The lowest BCUT2D eigenvalue weighted by Crippen LogP contribution is -2.47. The molecule has 0 radical (unpaired) electrons. The van der Waals surface area contributed by atoms with Gasteiger partial charge in [-0.15, -0.1) is 0 Å². The summed E-state index contributed by atoms with van der Waals surface area (Å²) in [5, 5.41) is 0. The summed E-state index contributed by atoms with van der Waals surface area (Å²) in [5.41, 5.74) is 3.52. The van der Waals surface area contributed by atoms with Crippen LogP contribution in [0.3, 0.4) is 0 Å². The van der Waals surface area contributed by atoms with Crippen LogP contribution in [0.4, 0.5) is 0 Å². The Morgan fingerprint density at radius 2 is 1.81 bits per heavy atom. The number of rotatable bonds is 3. The van der Waals surface area contributed by atoms with E-state index in [-0.39, 0.29) is 17.5 Å². The molecule has 5 atom stereocenters. The van der Waals surface area contributed by atoms with Gasteiger partial charge in [0.05, 0.1) is 0 Å². The van der Waals surface area contributed by atoms with Crippen LogP contribution >= 0.6 is 0 Å². The molecular weight excluding hydrogens is 328 g/mol. The van der Waals surface area contributed by atoms with Crippen LogP contribution in [0.15, 0.2) is 11.1 Å². The second-order valence-electron chi connectivity index (χ2n) is 9.26. The molecule has 0 N–H and O–H groups in total. The normalized spacial score (nSPS) is 41.2. The van der Waals surface area contributed by atoms with Gasteiger partial charge in [0.15, 0.2) is 5.79 Å². The lowest BCUT2D eigenvalue weighted by Gasteiger charge is -2.52. The molecule has 4 rings (SSSR count). The van der Waals surface area contributed by atoms with E-state index in [9.17, 15) is 4.79 Å². The smallest absolute Gasteiger partial charge is 0.302 e. The molecule has 26 heavy (non-hydrogen) atoms. The van der Waals surface area contributed by atoms with Gasteiger partial charge in [-0.05, 0) is 62.7 Å². The van der Waals surface area contributed by atoms with Gasteiger partial charge in [0.25, 0.3) is 0 Å². The summed E-state index contributed by atoms with van der Waals surface area (Å²) in [5.74, 6) is 1.69. The van der Waals surface area contributed by atoms with Crippen LogP contribution in [0.5, 0.6) is 0 Å². The third-order valence-electron chi connectivity index (χ3n) is 8.34. The zero-order valence-electron chi connectivity index (χ0n) is 16.8. The number of allylic oxidation sites excluding steroid dienone is 1. The molecule has 0 heterocycles. The first kappa shape index (κ1) is 18.5. The number of hydrogen-bond donors (Lipinski definition) is 0. The van der Waals surface area contributed by atoms with Gasteiger partial charge < -0.3 is 14.2 Å². The summed E-state index contributed by atoms with van der Waals surface area (Å²) in [6.45, 7) is 3.94. The third kappa shape index (κ3) is 2.75. The molecule has 2 fully saturated rings. The van der Waals surface area contributed by atoms with Gasteiger partial charge in [-0.3, -0.25) is 4.79 Å². The molecule has 4 heteroatoms. The van der Waals surface area contributed by atoms with Crippen molar-refractivity contribution in [3.8, 4) is 0 Å². The number of fused-ring (bicyclic) bond motifs is 4. The Morgan fingerprint density at radius 3 is 2.50 bits per heavy atom. The highest BCUT2D eigenvalue weighted by molar-refractivity contribution is 5.66. The zero-order chi connectivity index (χ0) is 18.5. The second-order valence-corrected chi connectivity index (χ2v) is 9.26. The van der Waals surface area contributed by atoms with Crippen molar-refractivity contribution in [3.63, 3.8) is 0 Å². The van der Waals surface area contributed by atoms with Crippen molar-refractivity contribution in [2.45, 2.75) is 83.5 Å². The number of ether oxygens (including phenoxy) is 3. The van der Waals surface area contributed by atoms with Gasteiger partial charge in [-0.1, -0.05) is 18.1 Å². The zero-order valence-corrected chi connectivity index (χ0v) is 16.8. The maximum atomic E-state index is 11.6. The Morgan fingerprint density at radius 1 is 1.04 bits per heavy atom. The number of hydrogen-bond acceptors (Lipinski definition) is 4. The molecule has 4 aliphatic rings. The van der Waals surface area contributed by atoms with E-state index < -0.39 is 5.79 Å². The Kier molecular flexibility index (Phi) is 4.71. The fourth-order valence-electron chi connectivity index (χ4n) is 6.97. The standard InChI is InChI=1S/C22H34O4/c1-14(23)26-20-8-7-19-18-6-5-15-13-22(24-3,25-4)12-10-16(15)17(18)9-11-21(19,20)2/h17-20H,5-13H2,1-4H3. The van der Waals surface area contributed by atoms with Crippen molar-refractivity contribution < 1.29 is 19.0 Å². The highest BCUT2D eigenvalue weighted by Crippen LogP contribution is 2.62. The molecule has 0 spiro atoms. The van der Waals surface area contributed by atoms with Crippen molar-refractivity contribution in [2.75, 3.05) is 14.2 Å². The summed E-state index contributed by atoms with van der Waals surface area (Å²) in [6, 6.07) is 0.